The molecule has 108 valence electrons. The molecular formula is C14H23ClN2O2. The predicted octanol–water partition coefficient (Wildman–Crippen LogP) is 2.50. The van der Waals surface area contributed by atoms with E-state index in [1.165, 1.54) is 0 Å². The number of aromatic nitrogens is 2. The number of hydrogen-bond donors (Lipinski definition) is 1. The van der Waals surface area contributed by atoms with Crippen LogP contribution in [0.5, 0.6) is 0 Å². The number of hydrogen-bond acceptors (Lipinski definition) is 3. The minimum absolute atomic E-state index is 0.149. The summed E-state index contributed by atoms with van der Waals surface area (Å²) < 4.78 is 7.43. The molecule has 2 rings (SSSR count). The Morgan fingerprint density at radius 1 is 1.53 bits per heavy atom. The summed E-state index contributed by atoms with van der Waals surface area (Å²) in [6.07, 6.45) is 3.78. The van der Waals surface area contributed by atoms with Crippen LogP contribution in [-0.4, -0.2) is 33.2 Å². The van der Waals surface area contributed by atoms with Gasteiger partial charge in [-0.1, -0.05) is 25.4 Å². The second kappa shape index (κ2) is 5.81. The molecule has 1 aliphatic heterocycles. The van der Waals surface area contributed by atoms with Crippen LogP contribution < -0.4 is 0 Å². The van der Waals surface area contributed by atoms with Crippen molar-refractivity contribution in [2.45, 2.75) is 57.7 Å². The molecule has 2 unspecified atom stereocenters. The van der Waals surface area contributed by atoms with E-state index >= 15 is 0 Å². The molecule has 0 aromatic carbocycles. The Balaban J connectivity index is 2.18. The molecule has 0 spiro atoms. The van der Waals surface area contributed by atoms with Gasteiger partial charge in [-0.2, -0.15) is 5.10 Å². The molecule has 2 heterocycles. The first-order chi connectivity index (χ1) is 8.99. The molecule has 1 N–H and O–H groups in total. The molecule has 0 aliphatic carbocycles. The van der Waals surface area contributed by atoms with E-state index < -0.39 is 5.60 Å². The number of aliphatic hydroxyl groups is 1. The molecule has 1 saturated heterocycles. The second-order valence-electron chi connectivity index (χ2n) is 5.44. The van der Waals surface area contributed by atoms with Gasteiger partial charge in [-0.25, -0.2) is 0 Å². The molecule has 1 aromatic rings. The predicted molar refractivity (Wildman–Crippen MR) is 75.5 cm³/mol. The van der Waals surface area contributed by atoms with Gasteiger partial charge >= 0.3 is 0 Å². The van der Waals surface area contributed by atoms with Gasteiger partial charge in [0.2, 0.25) is 0 Å². The average Bonchev–Trinajstić information content (AvgIpc) is 2.66. The summed E-state index contributed by atoms with van der Waals surface area (Å²) in [7, 11) is 1.89. The largest absolute Gasteiger partial charge is 0.389 e. The molecule has 1 aromatic heterocycles. The van der Waals surface area contributed by atoms with Gasteiger partial charge < -0.3 is 9.84 Å². The van der Waals surface area contributed by atoms with Crippen molar-refractivity contribution in [3.63, 3.8) is 0 Å². The van der Waals surface area contributed by atoms with Crippen LogP contribution in [0.2, 0.25) is 5.02 Å². The van der Waals surface area contributed by atoms with Crippen LogP contribution in [0, 0.1) is 0 Å². The zero-order valence-electron chi connectivity index (χ0n) is 11.9. The highest BCUT2D eigenvalue weighted by Crippen LogP contribution is 2.32. The lowest BCUT2D eigenvalue weighted by Crippen LogP contribution is -2.42. The van der Waals surface area contributed by atoms with Crippen molar-refractivity contribution >= 4 is 11.6 Å². The van der Waals surface area contributed by atoms with Gasteiger partial charge in [-0.05, 0) is 19.3 Å². The van der Waals surface area contributed by atoms with Crippen LogP contribution in [0.3, 0.4) is 0 Å². The third-order valence-electron chi connectivity index (χ3n) is 3.98. The fourth-order valence-electron chi connectivity index (χ4n) is 2.75. The first-order valence-corrected chi connectivity index (χ1v) is 7.41. The summed E-state index contributed by atoms with van der Waals surface area (Å²) in [4.78, 5) is 0. The van der Waals surface area contributed by atoms with Crippen molar-refractivity contribution in [3.8, 4) is 0 Å². The number of ether oxygens (including phenoxy) is 1. The van der Waals surface area contributed by atoms with Gasteiger partial charge in [0, 0.05) is 26.5 Å². The van der Waals surface area contributed by atoms with Crippen molar-refractivity contribution in [1.29, 1.82) is 0 Å². The highest BCUT2D eigenvalue weighted by molar-refractivity contribution is 6.31. The summed E-state index contributed by atoms with van der Waals surface area (Å²) in [5.74, 6) is 0. The standard InChI is InChI=1S/C14H23ClN2O2/c1-4-10-8-14(18,6-7-19-10)9-12-13(15)11(5-2)16-17(12)3/h10,18H,4-9H2,1-3H3. The van der Waals surface area contributed by atoms with Crippen LogP contribution >= 0.6 is 11.6 Å². The van der Waals surface area contributed by atoms with Gasteiger partial charge in [0.15, 0.2) is 0 Å². The van der Waals surface area contributed by atoms with E-state index in [0.29, 0.717) is 30.9 Å². The molecular weight excluding hydrogens is 264 g/mol. The third-order valence-corrected chi connectivity index (χ3v) is 4.42. The molecule has 1 aliphatic rings. The van der Waals surface area contributed by atoms with E-state index in [1.807, 2.05) is 14.0 Å². The van der Waals surface area contributed by atoms with Gasteiger partial charge in [0.05, 0.1) is 28.1 Å². The Hall–Kier alpha value is -0.580. The fourth-order valence-corrected chi connectivity index (χ4v) is 3.11. The maximum Gasteiger partial charge on any atom is 0.0850 e. The van der Waals surface area contributed by atoms with Gasteiger partial charge in [0.1, 0.15) is 0 Å². The SMILES string of the molecule is CCc1nn(C)c(CC2(O)CCOC(CC)C2)c1Cl. The van der Waals surface area contributed by atoms with E-state index in [0.717, 1.165) is 24.2 Å². The number of aryl methyl sites for hydroxylation is 2. The molecule has 4 nitrogen and oxygen atoms in total. The van der Waals surface area contributed by atoms with E-state index in [1.54, 1.807) is 4.68 Å². The summed E-state index contributed by atoms with van der Waals surface area (Å²) in [6.45, 7) is 4.74. The summed E-state index contributed by atoms with van der Waals surface area (Å²) in [5, 5.41) is 15.9. The quantitative estimate of drug-likeness (QED) is 0.925. The van der Waals surface area contributed by atoms with Crippen LogP contribution in [0.1, 0.15) is 44.5 Å². The van der Waals surface area contributed by atoms with Crippen LogP contribution in [0.4, 0.5) is 0 Å². The third kappa shape index (κ3) is 3.12. The molecule has 0 saturated carbocycles. The highest BCUT2D eigenvalue weighted by atomic mass is 35.5. The van der Waals surface area contributed by atoms with Crippen molar-refractivity contribution in [2.75, 3.05) is 6.61 Å². The van der Waals surface area contributed by atoms with Crippen molar-refractivity contribution < 1.29 is 9.84 Å². The van der Waals surface area contributed by atoms with Crippen LogP contribution in [0.25, 0.3) is 0 Å². The molecule has 0 radical (unpaired) electrons. The van der Waals surface area contributed by atoms with Crippen molar-refractivity contribution in [3.05, 3.63) is 16.4 Å². The Labute approximate surface area is 119 Å². The number of rotatable bonds is 4. The lowest BCUT2D eigenvalue weighted by molar-refractivity contribution is -0.104. The maximum atomic E-state index is 10.8. The summed E-state index contributed by atoms with van der Waals surface area (Å²) in [5.41, 5.74) is 1.11. The highest BCUT2D eigenvalue weighted by Gasteiger charge is 2.36. The fraction of sp³-hybridized carbons (Fsp3) is 0.786. The topological polar surface area (TPSA) is 47.3 Å². The van der Waals surface area contributed by atoms with Gasteiger partial charge in [-0.3, -0.25) is 4.68 Å². The molecule has 0 amide bonds. The Bertz CT molecular complexity index is 447. The summed E-state index contributed by atoms with van der Waals surface area (Å²) >= 11 is 6.36. The molecule has 0 bridgehead atoms. The lowest BCUT2D eigenvalue weighted by atomic mass is 9.85. The van der Waals surface area contributed by atoms with Crippen molar-refractivity contribution in [2.24, 2.45) is 7.05 Å². The van der Waals surface area contributed by atoms with E-state index in [-0.39, 0.29) is 6.10 Å². The minimum Gasteiger partial charge on any atom is -0.389 e. The summed E-state index contributed by atoms with van der Waals surface area (Å²) in [6, 6.07) is 0. The Morgan fingerprint density at radius 3 is 2.84 bits per heavy atom. The lowest BCUT2D eigenvalue weighted by Gasteiger charge is -2.36. The maximum absolute atomic E-state index is 10.8. The molecule has 5 heteroatoms. The van der Waals surface area contributed by atoms with Crippen molar-refractivity contribution in [1.82, 2.24) is 9.78 Å². The van der Waals surface area contributed by atoms with E-state index in [9.17, 15) is 5.11 Å². The second-order valence-corrected chi connectivity index (χ2v) is 5.82. The number of nitrogens with zero attached hydrogens (tertiary/aromatic N) is 2. The molecule has 19 heavy (non-hydrogen) atoms. The minimum atomic E-state index is -0.721. The van der Waals surface area contributed by atoms with E-state index in [2.05, 4.69) is 12.0 Å². The van der Waals surface area contributed by atoms with Crippen LogP contribution in [0.15, 0.2) is 0 Å². The zero-order chi connectivity index (χ0) is 14.0. The monoisotopic (exact) mass is 286 g/mol. The van der Waals surface area contributed by atoms with Crippen LogP contribution in [-0.2, 0) is 24.6 Å². The van der Waals surface area contributed by atoms with Gasteiger partial charge in [0.25, 0.3) is 0 Å². The van der Waals surface area contributed by atoms with E-state index in [4.69, 9.17) is 16.3 Å². The molecule has 1 fully saturated rings. The normalized spacial score (nSPS) is 27.7. The molecule has 2 atom stereocenters. The van der Waals surface area contributed by atoms with Gasteiger partial charge in [-0.15, -0.1) is 0 Å². The first kappa shape index (κ1) is 14.8. The number of halogens is 1. The zero-order valence-corrected chi connectivity index (χ0v) is 12.7. The smallest absolute Gasteiger partial charge is 0.0850 e. The average molecular weight is 287 g/mol. The Morgan fingerprint density at radius 2 is 2.26 bits per heavy atom. The Kier molecular flexibility index (Phi) is 4.54. The first-order valence-electron chi connectivity index (χ1n) is 7.03.